The topological polar surface area (TPSA) is 57.8 Å². The predicted molar refractivity (Wildman–Crippen MR) is 85.3 cm³/mol. The van der Waals surface area contributed by atoms with E-state index in [1.165, 1.54) is 0 Å². The Kier molecular flexibility index (Phi) is 4.78. The van der Waals surface area contributed by atoms with E-state index in [4.69, 9.17) is 0 Å². The molecule has 2 atom stereocenters. The van der Waals surface area contributed by atoms with Crippen LogP contribution in [0, 0.1) is 19.8 Å². The molecule has 2 rings (SSSR count). The number of nitrogens with one attached hydrogen (secondary N) is 2. The van der Waals surface area contributed by atoms with E-state index in [9.17, 15) is 4.79 Å². The number of H-pyrrole nitrogens is 1. The van der Waals surface area contributed by atoms with Crippen molar-refractivity contribution in [3.8, 4) is 0 Å². The Labute approximate surface area is 126 Å². The predicted octanol–water partition coefficient (Wildman–Crippen LogP) is 3.79. The van der Waals surface area contributed by atoms with Gasteiger partial charge in [-0.05, 0) is 25.3 Å². The van der Waals surface area contributed by atoms with Gasteiger partial charge in [-0.2, -0.15) is 5.10 Å². The summed E-state index contributed by atoms with van der Waals surface area (Å²) in [5.41, 5.74) is 3.56. The minimum absolute atomic E-state index is 0.0307. The van der Waals surface area contributed by atoms with Crippen molar-refractivity contribution >= 4 is 11.6 Å². The van der Waals surface area contributed by atoms with Gasteiger partial charge >= 0.3 is 0 Å². The summed E-state index contributed by atoms with van der Waals surface area (Å²) in [7, 11) is 0. The Hall–Kier alpha value is -2.10. The molecule has 4 nitrogen and oxygen atoms in total. The van der Waals surface area contributed by atoms with Crippen LogP contribution in [-0.2, 0) is 4.79 Å². The van der Waals surface area contributed by atoms with Crippen molar-refractivity contribution in [3.05, 3.63) is 47.3 Å². The van der Waals surface area contributed by atoms with Gasteiger partial charge in [0, 0.05) is 0 Å². The van der Waals surface area contributed by atoms with Gasteiger partial charge in [-0.1, -0.05) is 50.6 Å². The van der Waals surface area contributed by atoms with Gasteiger partial charge in [0.1, 0.15) is 0 Å². The normalized spacial score (nSPS) is 13.7. The number of hydrogen-bond acceptors (Lipinski definition) is 2. The number of anilines is 1. The third-order valence-electron chi connectivity index (χ3n) is 4.03. The van der Waals surface area contributed by atoms with Crippen LogP contribution in [0.4, 0.5) is 5.69 Å². The minimum Gasteiger partial charge on any atom is -0.322 e. The summed E-state index contributed by atoms with van der Waals surface area (Å²) < 4.78 is 0. The first-order chi connectivity index (χ1) is 10.0. The highest BCUT2D eigenvalue weighted by Gasteiger charge is 2.26. The molecule has 0 aliphatic heterocycles. The van der Waals surface area contributed by atoms with E-state index in [1.807, 2.05) is 44.2 Å². The second kappa shape index (κ2) is 6.57. The van der Waals surface area contributed by atoms with E-state index in [2.05, 4.69) is 29.4 Å². The van der Waals surface area contributed by atoms with Crippen LogP contribution in [0.15, 0.2) is 30.3 Å². The number of benzene rings is 1. The van der Waals surface area contributed by atoms with Crippen molar-refractivity contribution in [3.63, 3.8) is 0 Å². The molecule has 0 radical (unpaired) electrons. The number of hydrogen-bond donors (Lipinski definition) is 2. The van der Waals surface area contributed by atoms with Crippen LogP contribution in [0.25, 0.3) is 0 Å². The lowest BCUT2D eigenvalue weighted by molar-refractivity contribution is -0.118. The zero-order valence-electron chi connectivity index (χ0n) is 13.1. The molecule has 0 saturated carbocycles. The SMILES string of the molecule is CCC(C)C(C(=O)Nc1c(C)n[nH]c1C)c1ccccc1. The average Bonchev–Trinajstić information content (AvgIpc) is 2.80. The van der Waals surface area contributed by atoms with Gasteiger partial charge in [0.05, 0.1) is 23.0 Å². The average molecular weight is 285 g/mol. The summed E-state index contributed by atoms with van der Waals surface area (Å²) in [6, 6.07) is 9.97. The van der Waals surface area contributed by atoms with Gasteiger partial charge in [-0.15, -0.1) is 0 Å². The highest BCUT2D eigenvalue weighted by Crippen LogP contribution is 2.29. The largest absolute Gasteiger partial charge is 0.322 e. The van der Waals surface area contributed by atoms with Crippen LogP contribution >= 0.6 is 0 Å². The quantitative estimate of drug-likeness (QED) is 0.878. The molecule has 0 fully saturated rings. The first kappa shape index (κ1) is 15.3. The summed E-state index contributed by atoms with van der Waals surface area (Å²) in [6.07, 6.45) is 0.955. The summed E-state index contributed by atoms with van der Waals surface area (Å²) in [4.78, 5) is 12.8. The Morgan fingerprint density at radius 3 is 2.48 bits per heavy atom. The fourth-order valence-electron chi connectivity index (χ4n) is 2.57. The Balaban J connectivity index is 2.27. The molecule has 2 N–H and O–H groups in total. The van der Waals surface area contributed by atoms with Crippen molar-refractivity contribution in [1.82, 2.24) is 10.2 Å². The van der Waals surface area contributed by atoms with Gasteiger partial charge in [0.15, 0.2) is 0 Å². The standard InChI is InChI=1S/C17H23N3O/c1-5-11(2)15(14-9-7-6-8-10-14)17(21)18-16-12(3)19-20-13(16)4/h6-11,15H,5H2,1-4H3,(H,18,21)(H,19,20). The van der Waals surface area contributed by atoms with Crippen molar-refractivity contribution < 1.29 is 4.79 Å². The first-order valence-corrected chi connectivity index (χ1v) is 7.42. The fraction of sp³-hybridized carbons (Fsp3) is 0.412. The highest BCUT2D eigenvalue weighted by atomic mass is 16.1. The smallest absolute Gasteiger partial charge is 0.232 e. The molecule has 0 aliphatic carbocycles. The molecule has 2 unspecified atom stereocenters. The maximum atomic E-state index is 12.8. The van der Waals surface area contributed by atoms with Gasteiger partial charge in [-0.25, -0.2) is 0 Å². The van der Waals surface area contributed by atoms with E-state index in [0.29, 0.717) is 0 Å². The van der Waals surface area contributed by atoms with Crippen molar-refractivity contribution in [2.45, 2.75) is 40.0 Å². The number of rotatable bonds is 5. The molecule has 21 heavy (non-hydrogen) atoms. The molecule has 4 heteroatoms. The monoisotopic (exact) mass is 285 g/mol. The molecule has 112 valence electrons. The van der Waals surface area contributed by atoms with Gasteiger partial charge < -0.3 is 5.32 Å². The van der Waals surface area contributed by atoms with E-state index in [0.717, 1.165) is 29.1 Å². The number of carbonyl (C=O) groups excluding carboxylic acids is 1. The molecule has 1 heterocycles. The number of aromatic amines is 1. The van der Waals surface area contributed by atoms with Crippen LogP contribution in [-0.4, -0.2) is 16.1 Å². The van der Waals surface area contributed by atoms with Crippen molar-refractivity contribution in [2.24, 2.45) is 5.92 Å². The number of carbonyl (C=O) groups is 1. The lowest BCUT2D eigenvalue weighted by Crippen LogP contribution is -2.26. The molecule has 0 bridgehead atoms. The minimum atomic E-state index is -0.148. The van der Waals surface area contributed by atoms with E-state index >= 15 is 0 Å². The molecule has 0 saturated heterocycles. The highest BCUT2D eigenvalue weighted by molar-refractivity contribution is 5.96. The van der Waals surface area contributed by atoms with Gasteiger partial charge in [-0.3, -0.25) is 9.89 Å². The number of amides is 1. The fourth-order valence-corrected chi connectivity index (χ4v) is 2.57. The van der Waals surface area contributed by atoms with Crippen LogP contribution in [0.3, 0.4) is 0 Å². The summed E-state index contributed by atoms with van der Waals surface area (Å²) in [6.45, 7) is 8.03. The lowest BCUT2D eigenvalue weighted by atomic mass is 9.85. The molecular weight excluding hydrogens is 262 g/mol. The lowest BCUT2D eigenvalue weighted by Gasteiger charge is -2.22. The molecule has 1 aromatic heterocycles. The van der Waals surface area contributed by atoms with Gasteiger partial charge in [0.2, 0.25) is 5.91 Å². The molecule has 1 aromatic carbocycles. The maximum Gasteiger partial charge on any atom is 0.232 e. The Morgan fingerprint density at radius 2 is 1.95 bits per heavy atom. The number of nitrogens with zero attached hydrogens (tertiary/aromatic N) is 1. The third kappa shape index (κ3) is 3.32. The Morgan fingerprint density at radius 1 is 1.29 bits per heavy atom. The van der Waals surface area contributed by atoms with Crippen molar-refractivity contribution in [1.29, 1.82) is 0 Å². The van der Waals surface area contributed by atoms with E-state index < -0.39 is 0 Å². The number of aromatic nitrogens is 2. The molecule has 1 amide bonds. The van der Waals surface area contributed by atoms with Crippen LogP contribution in [0.5, 0.6) is 0 Å². The van der Waals surface area contributed by atoms with Crippen LogP contribution in [0.2, 0.25) is 0 Å². The van der Waals surface area contributed by atoms with Crippen LogP contribution in [0.1, 0.15) is 43.1 Å². The third-order valence-corrected chi connectivity index (χ3v) is 4.03. The van der Waals surface area contributed by atoms with E-state index in [1.54, 1.807) is 0 Å². The van der Waals surface area contributed by atoms with Crippen molar-refractivity contribution in [2.75, 3.05) is 5.32 Å². The summed E-state index contributed by atoms with van der Waals surface area (Å²) >= 11 is 0. The molecular formula is C17H23N3O. The van der Waals surface area contributed by atoms with Crippen LogP contribution < -0.4 is 5.32 Å². The van der Waals surface area contributed by atoms with Gasteiger partial charge in [0.25, 0.3) is 0 Å². The summed E-state index contributed by atoms with van der Waals surface area (Å²) in [5, 5.41) is 10.1. The zero-order valence-corrected chi connectivity index (χ0v) is 13.1. The molecule has 0 aliphatic rings. The zero-order chi connectivity index (χ0) is 15.4. The Bertz CT molecular complexity index is 584. The number of aryl methyl sites for hydroxylation is 2. The van der Waals surface area contributed by atoms with E-state index in [-0.39, 0.29) is 17.7 Å². The maximum absolute atomic E-state index is 12.8. The first-order valence-electron chi connectivity index (χ1n) is 7.42. The second-order valence-corrected chi connectivity index (χ2v) is 5.57. The summed E-state index contributed by atoms with van der Waals surface area (Å²) in [5.74, 6) is 0.160. The molecule has 2 aromatic rings. The second-order valence-electron chi connectivity index (χ2n) is 5.57. The molecule has 0 spiro atoms.